The van der Waals surface area contributed by atoms with Gasteiger partial charge in [-0.2, -0.15) is 0 Å². The lowest BCUT2D eigenvalue weighted by Gasteiger charge is -2.21. The van der Waals surface area contributed by atoms with Crippen molar-refractivity contribution in [2.45, 2.75) is 50.3 Å². The van der Waals surface area contributed by atoms with Crippen LogP contribution in [0.2, 0.25) is 0 Å². The van der Waals surface area contributed by atoms with E-state index in [-0.39, 0.29) is 11.2 Å². The van der Waals surface area contributed by atoms with Crippen LogP contribution in [-0.2, 0) is 0 Å². The maximum absolute atomic E-state index is 13.6. The number of thiophene rings is 1. The second-order valence-electron chi connectivity index (χ2n) is 7.98. The number of hydrogen-bond acceptors (Lipinski definition) is 4. The number of ketones is 1. The SMILES string of the molecule is COc1ccc2c(C(=O)c3ccc(OCC(C)Cl)cc3)c(C3CCCCC3)sc2c1. The minimum atomic E-state index is -0.0569. The van der Waals surface area contributed by atoms with Gasteiger partial charge in [0.05, 0.1) is 12.5 Å². The predicted octanol–water partition coefficient (Wildman–Crippen LogP) is 7.19. The van der Waals surface area contributed by atoms with Gasteiger partial charge in [0.1, 0.15) is 18.1 Å². The summed E-state index contributed by atoms with van der Waals surface area (Å²) in [7, 11) is 1.68. The van der Waals surface area contributed by atoms with Crippen molar-refractivity contribution in [3.63, 3.8) is 0 Å². The molecule has 1 heterocycles. The Labute approximate surface area is 187 Å². The van der Waals surface area contributed by atoms with E-state index in [9.17, 15) is 4.79 Å². The molecule has 1 atom stereocenters. The Balaban J connectivity index is 1.71. The van der Waals surface area contributed by atoms with E-state index in [2.05, 4.69) is 0 Å². The highest BCUT2D eigenvalue weighted by Crippen LogP contribution is 2.44. The normalized spacial score (nSPS) is 15.8. The van der Waals surface area contributed by atoms with Crippen LogP contribution in [0.1, 0.15) is 65.7 Å². The fraction of sp³-hybridized carbons (Fsp3) is 0.400. The van der Waals surface area contributed by atoms with Gasteiger partial charge < -0.3 is 9.47 Å². The van der Waals surface area contributed by atoms with E-state index in [0.717, 1.165) is 40.0 Å². The third kappa shape index (κ3) is 4.50. The third-order valence-electron chi connectivity index (χ3n) is 5.72. The van der Waals surface area contributed by atoms with Crippen LogP contribution >= 0.6 is 22.9 Å². The van der Waals surface area contributed by atoms with Gasteiger partial charge in [0.15, 0.2) is 5.78 Å². The largest absolute Gasteiger partial charge is 0.497 e. The van der Waals surface area contributed by atoms with Crippen LogP contribution in [-0.4, -0.2) is 24.9 Å². The summed E-state index contributed by atoms with van der Waals surface area (Å²) in [5.74, 6) is 2.11. The van der Waals surface area contributed by atoms with Crippen molar-refractivity contribution in [2.24, 2.45) is 0 Å². The summed E-state index contributed by atoms with van der Waals surface area (Å²) in [6.45, 7) is 2.33. The molecule has 5 heteroatoms. The van der Waals surface area contributed by atoms with Gasteiger partial charge in [-0.15, -0.1) is 22.9 Å². The van der Waals surface area contributed by atoms with Gasteiger partial charge in [-0.3, -0.25) is 4.79 Å². The number of rotatable bonds is 7. The zero-order valence-corrected chi connectivity index (χ0v) is 19.0. The minimum Gasteiger partial charge on any atom is -0.497 e. The van der Waals surface area contributed by atoms with Gasteiger partial charge in [-0.1, -0.05) is 19.3 Å². The third-order valence-corrected chi connectivity index (χ3v) is 7.16. The molecule has 1 unspecified atom stereocenters. The molecule has 3 aromatic rings. The monoisotopic (exact) mass is 442 g/mol. The average Bonchev–Trinajstić information content (AvgIpc) is 3.16. The standard InChI is InChI=1S/C25H27ClO3S/c1-16(26)15-29-19-10-8-17(9-11-19)24(27)23-21-13-12-20(28-2)14-22(21)30-25(23)18-6-4-3-5-7-18/h8-14,16,18H,3-7,15H2,1-2H3. The molecule has 1 aliphatic rings. The molecule has 1 saturated carbocycles. The fourth-order valence-electron chi connectivity index (χ4n) is 4.17. The molecule has 3 nitrogen and oxygen atoms in total. The summed E-state index contributed by atoms with van der Waals surface area (Å²) >= 11 is 7.72. The summed E-state index contributed by atoms with van der Waals surface area (Å²) in [6.07, 6.45) is 6.09. The lowest BCUT2D eigenvalue weighted by molar-refractivity contribution is 0.103. The number of carbonyl (C=O) groups is 1. The van der Waals surface area contributed by atoms with Crippen LogP contribution in [0.5, 0.6) is 11.5 Å². The van der Waals surface area contributed by atoms with Gasteiger partial charge in [-0.25, -0.2) is 0 Å². The number of fused-ring (bicyclic) bond motifs is 1. The molecule has 0 amide bonds. The quantitative estimate of drug-likeness (QED) is 0.287. The zero-order valence-electron chi connectivity index (χ0n) is 17.4. The highest BCUT2D eigenvalue weighted by Gasteiger charge is 2.27. The molecular formula is C25H27ClO3S. The Morgan fingerprint density at radius 1 is 1.10 bits per heavy atom. The van der Waals surface area contributed by atoms with Crippen LogP contribution in [0.4, 0.5) is 0 Å². The van der Waals surface area contributed by atoms with Crippen molar-refractivity contribution in [1.82, 2.24) is 0 Å². The Bertz CT molecular complexity index is 1020. The predicted molar refractivity (Wildman–Crippen MR) is 125 cm³/mol. The molecule has 1 aromatic heterocycles. The van der Waals surface area contributed by atoms with E-state index in [0.29, 0.717) is 18.1 Å². The number of carbonyl (C=O) groups excluding carboxylic acids is 1. The maximum atomic E-state index is 13.6. The van der Waals surface area contributed by atoms with Crippen LogP contribution < -0.4 is 9.47 Å². The van der Waals surface area contributed by atoms with E-state index in [4.69, 9.17) is 21.1 Å². The minimum absolute atomic E-state index is 0.0569. The summed E-state index contributed by atoms with van der Waals surface area (Å²) in [6, 6.07) is 13.4. The van der Waals surface area contributed by atoms with Gasteiger partial charge >= 0.3 is 0 Å². The van der Waals surface area contributed by atoms with Crippen molar-refractivity contribution in [1.29, 1.82) is 0 Å². The highest BCUT2D eigenvalue weighted by atomic mass is 35.5. The molecule has 2 aromatic carbocycles. The molecule has 0 spiro atoms. The van der Waals surface area contributed by atoms with E-state index in [1.807, 2.05) is 49.4 Å². The molecule has 1 fully saturated rings. The fourth-order valence-corrected chi connectivity index (χ4v) is 5.63. The van der Waals surface area contributed by atoms with Crippen LogP contribution in [0, 0.1) is 0 Å². The van der Waals surface area contributed by atoms with Crippen molar-refractivity contribution in [2.75, 3.05) is 13.7 Å². The molecule has 0 aliphatic heterocycles. The number of ether oxygens (including phenoxy) is 2. The van der Waals surface area contributed by atoms with Gasteiger partial charge in [0.25, 0.3) is 0 Å². The molecule has 0 bridgehead atoms. The Morgan fingerprint density at radius 2 is 1.80 bits per heavy atom. The van der Waals surface area contributed by atoms with Crippen molar-refractivity contribution < 1.29 is 14.3 Å². The average molecular weight is 443 g/mol. The van der Waals surface area contributed by atoms with Crippen molar-refractivity contribution in [3.05, 3.63) is 58.5 Å². The lowest BCUT2D eigenvalue weighted by Crippen LogP contribution is -2.10. The maximum Gasteiger partial charge on any atom is 0.194 e. The first-order valence-electron chi connectivity index (χ1n) is 10.6. The first-order valence-corrected chi connectivity index (χ1v) is 11.8. The number of benzene rings is 2. The van der Waals surface area contributed by atoms with Gasteiger partial charge in [0, 0.05) is 26.1 Å². The lowest BCUT2D eigenvalue weighted by atomic mass is 9.85. The Hall–Kier alpha value is -2.04. The van der Waals surface area contributed by atoms with Crippen LogP contribution in [0.25, 0.3) is 10.1 Å². The number of alkyl halides is 1. The first kappa shape index (κ1) is 21.2. The Kier molecular flexibility index (Phi) is 6.64. The van der Waals surface area contributed by atoms with E-state index in [1.165, 1.54) is 24.1 Å². The number of hydrogen-bond donors (Lipinski definition) is 0. The molecule has 4 rings (SSSR count). The number of halogens is 1. The van der Waals surface area contributed by atoms with Gasteiger partial charge in [-0.05, 0) is 68.1 Å². The first-order chi connectivity index (χ1) is 14.6. The summed E-state index contributed by atoms with van der Waals surface area (Å²) in [4.78, 5) is 14.9. The topological polar surface area (TPSA) is 35.5 Å². The van der Waals surface area contributed by atoms with Crippen molar-refractivity contribution >= 4 is 38.8 Å². The molecular weight excluding hydrogens is 416 g/mol. The highest BCUT2D eigenvalue weighted by molar-refractivity contribution is 7.19. The Morgan fingerprint density at radius 3 is 2.47 bits per heavy atom. The van der Waals surface area contributed by atoms with Gasteiger partial charge in [0.2, 0.25) is 0 Å². The summed E-state index contributed by atoms with van der Waals surface area (Å²) < 4.78 is 12.2. The molecule has 30 heavy (non-hydrogen) atoms. The van der Waals surface area contributed by atoms with E-state index < -0.39 is 0 Å². The van der Waals surface area contributed by atoms with Crippen LogP contribution in [0.15, 0.2) is 42.5 Å². The number of methoxy groups -OCH3 is 1. The zero-order chi connectivity index (χ0) is 21.1. The molecule has 158 valence electrons. The molecule has 0 N–H and O–H groups in total. The smallest absolute Gasteiger partial charge is 0.194 e. The molecule has 0 saturated heterocycles. The second kappa shape index (κ2) is 9.40. The summed E-state index contributed by atoms with van der Waals surface area (Å²) in [5.41, 5.74) is 1.56. The second-order valence-corrected chi connectivity index (χ2v) is 9.81. The summed E-state index contributed by atoms with van der Waals surface area (Å²) in [5, 5.41) is 0.973. The molecule has 1 aliphatic carbocycles. The molecule has 0 radical (unpaired) electrons. The van der Waals surface area contributed by atoms with Crippen LogP contribution in [0.3, 0.4) is 0 Å². The van der Waals surface area contributed by atoms with E-state index in [1.54, 1.807) is 18.4 Å². The van der Waals surface area contributed by atoms with E-state index >= 15 is 0 Å². The van der Waals surface area contributed by atoms with Crippen molar-refractivity contribution in [3.8, 4) is 11.5 Å².